The number of tetrazole rings is 1. The Morgan fingerprint density at radius 1 is 1.14 bits per heavy atom. The second-order valence-corrected chi connectivity index (χ2v) is 5.04. The van der Waals surface area contributed by atoms with E-state index in [1.54, 1.807) is 23.0 Å². The molecule has 0 fully saturated rings. The normalized spacial score (nSPS) is 10.5. The number of amidine groups is 1. The van der Waals surface area contributed by atoms with Gasteiger partial charge in [0.05, 0.1) is 5.69 Å². The molecule has 2 heterocycles. The highest BCUT2D eigenvalue weighted by molar-refractivity contribution is 7.99. The molecule has 1 aromatic carbocycles. The number of benzene rings is 1. The predicted octanol–water partition coefficient (Wildman–Crippen LogP) is 1.49. The molecule has 0 spiro atoms. The number of nitrogens with two attached hydrogens (primary N) is 1. The van der Waals surface area contributed by atoms with Crippen molar-refractivity contribution in [2.24, 2.45) is 5.73 Å². The predicted molar refractivity (Wildman–Crippen MR) is 78.5 cm³/mol. The highest BCUT2D eigenvalue weighted by Crippen LogP contribution is 2.27. The first-order valence-corrected chi connectivity index (χ1v) is 6.88. The Labute approximate surface area is 124 Å². The highest BCUT2D eigenvalue weighted by Gasteiger charge is 2.14. The van der Waals surface area contributed by atoms with E-state index in [-0.39, 0.29) is 5.84 Å². The molecule has 7 nitrogen and oxygen atoms in total. The summed E-state index contributed by atoms with van der Waals surface area (Å²) in [6.07, 6.45) is 1.64. The summed E-state index contributed by atoms with van der Waals surface area (Å²) in [4.78, 5) is 4.24. The lowest BCUT2D eigenvalue weighted by molar-refractivity contribution is 0.756. The van der Waals surface area contributed by atoms with Crippen LogP contribution in [0.4, 0.5) is 0 Å². The zero-order valence-electron chi connectivity index (χ0n) is 10.8. The molecule has 0 amide bonds. The van der Waals surface area contributed by atoms with E-state index in [1.165, 1.54) is 11.8 Å². The zero-order valence-corrected chi connectivity index (χ0v) is 11.7. The van der Waals surface area contributed by atoms with Gasteiger partial charge in [0.2, 0.25) is 5.16 Å². The van der Waals surface area contributed by atoms with Crippen LogP contribution in [-0.4, -0.2) is 31.0 Å². The first-order chi connectivity index (χ1) is 10.3. The summed E-state index contributed by atoms with van der Waals surface area (Å²) in [7, 11) is 0. The van der Waals surface area contributed by atoms with E-state index in [0.29, 0.717) is 15.7 Å². The molecule has 104 valence electrons. The van der Waals surface area contributed by atoms with Gasteiger partial charge in [-0.3, -0.25) is 5.41 Å². The van der Waals surface area contributed by atoms with Crippen molar-refractivity contribution in [3.05, 3.63) is 54.2 Å². The lowest BCUT2D eigenvalue weighted by Gasteiger charge is -2.06. The average Bonchev–Trinajstić information content (AvgIpc) is 2.96. The van der Waals surface area contributed by atoms with E-state index in [9.17, 15) is 0 Å². The lowest BCUT2D eigenvalue weighted by atomic mass is 10.3. The Morgan fingerprint density at radius 2 is 1.95 bits per heavy atom. The van der Waals surface area contributed by atoms with Crippen molar-refractivity contribution in [2.75, 3.05) is 0 Å². The van der Waals surface area contributed by atoms with Gasteiger partial charge in [0.15, 0.2) is 0 Å². The number of hydrogen-bond acceptors (Lipinski definition) is 6. The number of nitrogen functional groups attached to an aromatic ring is 1. The quantitative estimate of drug-likeness (QED) is 0.558. The minimum Gasteiger partial charge on any atom is -0.384 e. The maximum absolute atomic E-state index is 7.59. The van der Waals surface area contributed by atoms with Crippen molar-refractivity contribution in [2.45, 2.75) is 10.2 Å². The van der Waals surface area contributed by atoms with Crippen LogP contribution in [0.5, 0.6) is 0 Å². The van der Waals surface area contributed by atoms with Crippen molar-refractivity contribution in [3.8, 4) is 5.69 Å². The van der Waals surface area contributed by atoms with E-state index < -0.39 is 0 Å². The standard InChI is InChI=1S/C13H11N7S/c14-11(15)10-7-4-8-16-12(10)21-13-17-18-19-20(13)9-5-2-1-3-6-9/h1-8H,(H3,14,15). The third kappa shape index (κ3) is 2.75. The van der Waals surface area contributed by atoms with Crippen molar-refractivity contribution in [1.82, 2.24) is 25.2 Å². The first-order valence-electron chi connectivity index (χ1n) is 6.07. The Morgan fingerprint density at radius 3 is 2.71 bits per heavy atom. The van der Waals surface area contributed by atoms with Gasteiger partial charge in [-0.1, -0.05) is 18.2 Å². The van der Waals surface area contributed by atoms with Crippen molar-refractivity contribution in [1.29, 1.82) is 5.41 Å². The molecule has 2 aromatic heterocycles. The van der Waals surface area contributed by atoms with Gasteiger partial charge >= 0.3 is 0 Å². The van der Waals surface area contributed by atoms with E-state index in [1.807, 2.05) is 30.3 Å². The van der Waals surface area contributed by atoms with Crippen molar-refractivity contribution >= 4 is 17.6 Å². The smallest absolute Gasteiger partial charge is 0.220 e. The van der Waals surface area contributed by atoms with Crippen LogP contribution in [0, 0.1) is 5.41 Å². The number of aromatic nitrogens is 5. The molecule has 0 aliphatic carbocycles. The zero-order chi connectivity index (χ0) is 14.7. The molecule has 0 atom stereocenters. The molecule has 0 radical (unpaired) electrons. The van der Waals surface area contributed by atoms with Gasteiger partial charge < -0.3 is 5.73 Å². The molecular formula is C13H11N7S. The van der Waals surface area contributed by atoms with Crippen LogP contribution in [0.1, 0.15) is 5.56 Å². The summed E-state index contributed by atoms with van der Waals surface area (Å²) in [6, 6.07) is 13.0. The fraction of sp³-hybridized carbons (Fsp3) is 0. The summed E-state index contributed by atoms with van der Waals surface area (Å²) < 4.78 is 1.61. The largest absolute Gasteiger partial charge is 0.384 e. The molecule has 21 heavy (non-hydrogen) atoms. The summed E-state index contributed by atoms with van der Waals surface area (Å²) in [5, 5.41) is 20.4. The SMILES string of the molecule is N=C(N)c1cccnc1Sc1nnnn1-c1ccccc1. The molecule has 0 saturated heterocycles. The van der Waals surface area contributed by atoms with Crippen LogP contribution in [0.3, 0.4) is 0 Å². The molecular weight excluding hydrogens is 286 g/mol. The second-order valence-electron chi connectivity index (χ2n) is 4.08. The van der Waals surface area contributed by atoms with Gasteiger partial charge in [-0.05, 0) is 46.5 Å². The van der Waals surface area contributed by atoms with Crippen LogP contribution in [0.15, 0.2) is 58.8 Å². The Bertz CT molecular complexity index is 769. The highest BCUT2D eigenvalue weighted by atomic mass is 32.2. The van der Waals surface area contributed by atoms with Gasteiger partial charge in [-0.15, -0.1) is 5.10 Å². The number of nitrogens with one attached hydrogen (secondary N) is 1. The molecule has 0 aliphatic rings. The van der Waals surface area contributed by atoms with Gasteiger partial charge in [0.25, 0.3) is 0 Å². The maximum atomic E-state index is 7.59. The minimum absolute atomic E-state index is 0.0377. The van der Waals surface area contributed by atoms with Crippen LogP contribution < -0.4 is 5.73 Å². The molecule has 8 heteroatoms. The summed E-state index contributed by atoms with van der Waals surface area (Å²) in [5.41, 5.74) is 6.98. The number of para-hydroxylation sites is 1. The molecule has 0 unspecified atom stereocenters. The van der Waals surface area contributed by atoms with Crippen molar-refractivity contribution in [3.63, 3.8) is 0 Å². The summed E-state index contributed by atoms with van der Waals surface area (Å²) >= 11 is 1.27. The Balaban J connectivity index is 1.98. The molecule has 3 aromatic rings. The van der Waals surface area contributed by atoms with Gasteiger partial charge in [0.1, 0.15) is 10.9 Å². The van der Waals surface area contributed by atoms with Gasteiger partial charge in [0, 0.05) is 11.8 Å². The Kier molecular flexibility index (Phi) is 3.61. The molecule has 0 bridgehead atoms. The van der Waals surface area contributed by atoms with Crippen LogP contribution in [-0.2, 0) is 0 Å². The monoisotopic (exact) mass is 297 g/mol. The van der Waals surface area contributed by atoms with E-state index >= 15 is 0 Å². The third-order valence-corrected chi connectivity index (χ3v) is 3.65. The second kappa shape index (κ2) is 5.71. The molecule has 0 aliphatic heterocycles. The number of nitrogens with zero attached hydrogens (tertiary/aromatic N) is 5. The lowest BCUT2D eigenvalue weighted by Crippen LogP contribution is -2.13. The first kappa shape index (κ1) is 13.3. The number of rotatable bonds is 4. The van der Waals surface area contributed by atoms with Crippen LogP contribution >= 0.6 is 11.8 Å². The van der Waals surface area contributed by atoms with Crippen molar-refractivity contribution < 1.29 is 0 Å². The summed E-state index contributed by atoms with van der Waals surface area (Å²) in [5.74, 6) is -0.0377. The van der Waals surface area contributed by atoms with E-state index in [2.05, 4.69) is 20.5 Å². The van der Waals surface area contributed by atoms with Crippen LogP contribution in [0.25, 0.3) is 5.69 Å². The van der Waals surface area contributed by atoms with E-state index in [4.69, 9.17) is 11.1 Å². The van der Waals surface area contributed by atoms with Gasteiger partial charge in [-0.2, -0.15) is 4.68 Å². The Hall–Kier alpha value is -2.74. The third-order valence-electron chi connectivity index (χ3n) is 2.69. The molecule has 3 N–H and O–H groups in total. The average molecular weight is 297 g/mol. The number of hydrogen-bond donors (Lipinski definition) is 2. The maximum Gasteiger partial charge on any atom is 0.220 e. The van der Waals surface area contributed by atoms with Gasteiger partial charge in [-0.25, -0.2) is 4.98 Å². The fourth-order valence-corrected chi connectivity index (χ4v) is 2.62. The summed E-state index contributed by atoms with van der Waals surface area (Å²) in [6.45, 7) is 0. The topological polar surface area (TPSA) is 106 Å². The fourth-order valence-electron chi connectivity index (χ4n) is 1.74. The van der Waals surface area contributed by atoms with Crippen LogP contribution in [0.2, 0.25) is 0 Å². The molecule has 3 rings (SSSR count). The number of pyridine rings is 1. The molecule has 0 saturated carbocycles. The minimum atomic E-state index is -0.0377. The van der Waals surface area contributed by atoms with E-state index in [0.717, 1.165) is 5.69 Å².